The zero-order valence-electron chi connectivity index (χ0n) is 10.7. The Hall–Kier alpha value is -0.780. The van der Waals surface area contributed by atoms with E-state index < -0.39 is 15.0 Å². The van der Waals surface area contributed by atoms with Crippen LogP contribution in [-0.2, 0) is 13.8 Å². The molecule has 0 spiro atoms. The normalized spacial score (nSPS) is 13.1. The molecule has 0 N–H and O–H groups in total. The van der Waals surface area contributed by atoms with Crippen LogP contribution in [0.1, 0.15) is 36.2 Å². The van der Waals surface area contributed by atoms with Crippen molar-refractivity contribution in [3.05, 3.63) is 28.3 Å². The number of rotatable bonds is 4. The summed E-state index contributed by atoms with van der Waals surface area (Å²) in [6, 6.07) is 2.38. The zero-order chi connectivity index (χ0) is 14.8. The molecule has 4 nitrogen and oxygen atoms in total. The highest BCUT2D eigenvalue weighted by Gasteiger charge is 2.20. The summed E-state index contributed by atoms with van der Waals surface area (Å²) < 4.78 is 27.8. The predicted octanol–water partition coefficient (Wildman–Crippen LogP) is 3.53. The van der Waals surface area contributed by atoms with E-state index in [9.17, 15) is 13.2 Å². The predicted molar refractivity (Wildman–Crippen MR) is 74.4 cm³/mol. The molecule has 0 aliphatic carbocycles. The van der Waals surface area contributed by atoms with Gasteiger partial charge >= 0.3 is 5.97 Å². The lowest BCUT2D eigenvalue weighted by Crippen LogP contribution is -2.15. The Balaban J connectivity index is 3.27. The lowest BCUT2D eigenvalue weighted by molar-refractivity contribution is 0.0333. The van der Waals surface area contributed by atoms with Crippen LogP contribution >= 0.6 is 22.3 Å². The Morgan fingerprint density at radius 3 is 2.47 bits per heavy atom. The fraction of sp³-hybridized carbons (Fsp3) is 0.417. The van der Waals surface area contributed by atoms with Crippen LogP contribution in [-0.4, -0.2) is 20.5 Å². The minimum absolute atomic E-state index is 0.104. The summed E-state index contributed by atoms with van der Waals surface area (Å²) in [5.74, 6) is -0.615. The maximum absolute atomic E-state index is 11.9. The van der Waals surface area contributed by atoms with Crippen LogP contribution in [0.3, 0.4) is 0 Å². The number of hydrogen-bond acceptors (Lipinski definition) is 4. The fourth-order valence-corrected chi connectivity index (χ4v) is 2.40. The highest BCUT2D eigenvalue weighted by molar-refractivity contribution is 8.13. The van der Waals surface area contributed by atoms with Crippen molar-refractivity contribution in [1.82, 2.24) is 0 Å². The standard InChI is InChI=1S/C12H14Cl2O4S/c1-4-7(2)18-12(15)10-5-9(19(14,16)17)6-11(13)8(10)3/h5-7H,4H2,1-3H3. The highest BCUT2D eigenvalue weighted by Crippen LogP contribution is 2.27. The first kappa shape index (κ1) is 16.3. The molecule has 1 aromatic carbocycles. The van der Waals surface area contributed by atoms with Gasteiger partial charge in [0.1, 0.15) is 0 Å². The number of benzene rings is 1. The molecule has 0 bridgehead atoms. The first-order valence-corrected chi connectivity index (χ1v) is 8.31. The minimum atomic E-state index is -3.95. The van der Waals surface area contributed by atoms with Gasteiger partial charge in [-0.05, 0) is 38.0 Å². The molecule has 0 aliphatic heterocycles. The van der Waals surface area contributed by atoms with Crippen molar-refractivity contribution in [2.24, 2.45) is 0 Å². The van der Waals surface area contributed by atoms with Gasteiger partial charge in [-0.3, -0.25) is 0 Å². The lowest BCUT2D eigenvalue weighted by atomic mass is 10.1. The highest BCUT2D eigenvalue weighted by atomic mass is 35.7. The van der Waals surface area contributed by atoms with Gasteiger partial charge in [-0.25, -0.2) is 13.2 Å². The van der Waals surface area contributed by atoms with E-state index in [2.05, 4.69) is 0 Å². The summed E-state index contributed by atoms with van der Waals surface area (Å²) in [6.45, 7) is 5.23. The molecular weight excluding hydrogens is 311 g/mol. The molecule has 0 saturated carbocycles. The summed E-state index contributed by atoms with van der Waals surface area (Å²) in [5.41, 5.74) is 0.561. The molecule has 0 radical (unpaired) electrons. The smallest absolute Gasteiger partial charge is 0.338 e. The van der Waals surface area contributed by atoms with Gasteiger partial charge in [0.2, 0.25) is 0 Å². The Morgan fingerprint density at radius 2 is 2.00 bits per heavy atom. The minimum Gasteiger partial charge on any atom is -0.459 e. The summed E-state index contributed by atoms with van der Waals surface area (Å²) in [6.07, 6.45) is 0.397. The molecule has 0 saturated heterocycles. The number of esters is 1. The van der Waals surface area contributed by atoms with Crippen molar-refractivity contribution in [1.29, 1.82) is 0 Å². The number of halogens is 2. The lowest BCUT2D eigenvalue weighted by Gasteiger charge is -2.13. The zero-order valence-corrected chi connectivity index (χ0v) is 13.1. The Bertz CT molecular complexity index is 596. The summed E-state index contributed by atoms with van der Waals surface area (Å²) in [5, 5.41) is 0.151. The van der Waals surface area contributed by atoms with Crippen LogP contribution in [0.2, 0.25) is 5.02 Å². The van der Waals surface area contributed by atoms with Crippen LogP contribution in [0.15, 0.2) is 17.0 Å². The van der Waals surface area contributed by atoms with Gasteiger partial charge in [0.15, 0.2) is 0 Å². The average molecular weight is 325 g/mol. The maximum Gasteiger partial charge on any atom is 0.338 e. The van der Waals surface area contributed by atoms with Crippen molar-refractivity contribution in [3.63, 3.8) is 0 Å². The molecule has 1 atom stereocenters. The monoisotopic (exact) mass is 324 g/mol. The van der Waals surface area contributed by atoms with Gasteiger partial charge in [0, 0.05) is 15.7 Å². The molecule has 1 rings (SSSR count). The van der Waals surface area contributed by atoms with E-state index in [4.69, 9.17) is 27.0 Å². The first-order chi connectivity index (χ1) is 8.66. The fourth-order valence-electron chi connectivity index (χ4n) is 1.34. The van der Waals surface area contributed by atoms with E-state index in [1.807, 2.05) is 6.92 Å². The first-order valence-electron chi connectivity index (χ1n) is 5.62. The third kappa shape index (κ3) is 4.09. The van der Waals surface area contributed by atoms with Crippen LogP contribution in [0.5, 0.6) is 0 Å². The molecule has 0 aromatic heterocycles. The van der Waals surface area contributed by atoms with Gasteiger partial charge in [-0.2, -0.15) is 0 Å². The second-order valence-electron chi connectivity index (χ2n) is 4.14. The number of hydrogen-bond donors (Lipinski definition) is 0. The van der Waals surface area contributed by atoms with Crippen LogP contribution in [0.25, 0.3) is 0 Å². The SMILES string of the molecule is CCC(C)OC(=O)c1cc(S(=O)(=O)Cl)cc(Cl)c1C. The van der Waals surface area contributed by atoms with Crippen molar-refractivity contribution in [2.75, 3.05) is 0 Å². The molecule has 0 fully saturated rings. The Morgan fingerprint density at radius 1 is 1.42 bits per heavy atom. The Kier molecular flexibility index (Phi) is 5.24. The van der Waals surface area contributed by atoms with E-state index in [1.54, 1.807) is 13.8 Å². The molecule has 1 unspecified atom stereocenters. The third-order valence-corrected chi connectivity index (χ3v) is 4.43. The van der Waals surface area contributed by atoms with Gasteiger partial charge in [-0.15, -0.1) is 0 Å². The van der Waals surface area contributed by atoms with Crippen LogP contribution < -0.4 is 0 Å². The molecule has 19 heavy (non-hydrogen) atoms. The van der Waals surface area contributed by atoms with Gasteiger partial charge in [0.05, 0.1) is 16.6 Å². The molecule has 0 amide bonds. The van der Waals surface area contributed by atoms with Crippen molar-refractivity contribution in [2.45, 2.75) is 38.2 Å². The van der Waals surface area contributed by atoms with Gasteiger partial charge in [0.25, 0.3) is 9.05 Å². The molecule has 106 valence electrons. The molecule has 7 heteroatoms. The maximum atomic E-state index is 11.9. The molecule has 0 heterocycles. The number of carbonyl (C=O) groups is 1. The largest absolute Gasteiger partial charge is 0.459 e. The van der Waals surface area contributed by atoms with Crippen LogP contribution in [0, 0.1) is 6.92 Å². The second-order valence-corrected chi connectivity index (χ2v) is 7.11. The van der Waals surface area contributed by atoms with Gasteiger partial charge in [-0.1, -0.05) is 18.5 Å². The quantitative estimate of drug-likeness (QED) is 0.628. The molecule has 1 aromatic rings. The summed E-state index contributed by atoms with van der Waals surface area (Å²) in [4.78, 5) is 11.7. The third-order valence-electron chi connectivity index (χ3n) is 2.70. The topological polar surface area (TPSA) is 60.4 Å². The van der Waals surface area contributed by atoms with Crippen molar-refractivity contribution in [3.8, 4) is 0 Å². The second kappa shape index (κ2) is 6.11. The number of ether oxygens (including phenoxy) is 1. The number of carbonyl (C=O) groups excluding carboxylic acids is 1. The van der Waals surface area contributed by atoms with E-state index in [0.29, 0.717) is 12.0 Å². The molecule has 0 aliphatic rings. The average Bonchev–Trinajstić information content (AvgIpc) is 2.30. The van der Waals surface area contributed by atoms with Crippen molar-refractivity contribution >= 4 is 37.3 Å². The summed E-state index contributed by atoms with van der Waals surface area (Å²) >= 11 is 5.91. The van der Waals surface area contributed by atoms with E-state index in [0.717, 1.165) is 0 Å². The Labute approximate surface area is 122 Å². The van der Waals surface area contributed by atoms with Crippen LogP contribution in [0.4, 0.5) is 0 Å². The van der Waals surface area contributed by atoms with E-state index >= 15 is 0 Å². The molecular formula is C12H14Cl2O4S. The van der Waals surface area contributed by atoms with Crippen molar-refractivity contribution < 1.29 is 17.9 Å². The van der Waals surface area contributed by atoms with E-state index in [-0.39, 0.29) is 21.6 Å². The van der Waals surface area contributed by atoms with E-state index in [1.165, 1.54) is 12.1 Å². The van der Waals surface area contributed by atoms with Gasteiger partial charge < -0.3 is 4.74 Å². The summed E-state index contributed by atoms with van der Waals surface area (Å²) in [7, 11) is 1.30.